The second-order valence-corrected chi connectivity index (χ2v) is 18.7. The van der Waals surface area contributed by atoms with Crippen molar-refractivity contribution in [2.45, 2.75) is 116 Å². The first kappa shape index (κ1) is 44.1. The summed E-state index contributed by atoms with van der Waals surface area (Å²) in [4.78, 5) is 30.6. The fourth-order valence-electron chi connectivity index (χ4n) is 8.67. The van der Waals surface area contributed by atoms with Crippen molar-refractivity contribution in [3.63, 3.8) is 0 Å². The Hall–Kier alpha value is -3.96. The number of amides is 1. The van der Waals surface area contributed by atoms with Gasteiger partial charge in [0.05, 0.1) is 41.9 Å². The molecular weight excluding hydrogens is 800 g/mol. The molecule has 3 aliphatic heterocycles. The Bertz CT molecular complexity index is 2150. The summed E-state index contributed by atoms with van der Waals surface area (Å²) >= 11 is 6.95. The number of carbonyl (C=O) groups excluding carboxylic acids is 1. The number of fused-ring (bicyclic) bond motifs is 3. The molecule has 1 N–H and O–H groups in total. The molecule has 6 heterocycles. The van der Waals surface area contributed by atoms with Crippen LogP contribution in [0.25, 0.3) is 33.1 Å². The second kappa shape index (κ2) is 18.2. The van der Waals surface area contributed by atoms with E-state index in [1.807, 2.05) is 41.5 Å². The summed E-state index contributed by atoms with van der Waals surface area (Å²) in [6.45, 7) is 14.5. The van der Waals surface area contributed by atoms with Gasteiger partial charge in [-0.1, -0.05) is 11.6 Å². The summed E-state index contributed by atoms with van der Waals surface area (Å²) in [6, 6.07) is 1.74. The number of hydrogen-bond acceptors (Lipinski definition) is 12. The number of benzene rings is 1. The first-order valence-electron chi connectivity index (χ1n) is 20.9. The first-order chi connectivity index (χ1) is 28.5. The summed E-state index contributed by atoms with van der Waals surface area (Å²) in [6.07, 6.45) is 6.39. The minimum absolute atomic E-state index is 0.0152. The van der Waals surface area contributed by atoms with Crippen molar-refractivity contribution in [2.24, 2.45) is 5.92 Å². The Kier molecular flexibility index (Phi) is 13.4. The van der Waals surface area contributed by atoms with E-state index in [4.69, 9.17) is 40.0 Å². The van der Waals surface area contributed by atoms with E-state index in [0.717, 1.165) is 25.8 Å². The van der Waals surface area contributed by atoms with Gasteiger partial charge in [-0.15, -0.1) is 0 Å². The van der Waals surface area contributed by atoms with E-state index in [-0.39, 0.29) is 60.0 Å². The maximum absolute atomic E-state index is 17.2. The molecule has 0 radical (unpaired) electrons. The summed E-state index contributed by atoms with van der Waals surface area (Å²) in [5.74, 6) is -0.496. The number of rotatable bonds is 15. The van der Waals surface area contributed by atoms with Crippen LogP contribution in [-0.2, 0) is 25.4 Å². The van der Waals surface area contributed by atoms with Crippen molar-refractivity contribution >= 4 is 39.5 Å². The van der Waals surface area contributed by atoms with Crippen molar-refractivity contribution in [1.29, 1.82) is 0 Å². The first-order valence-corrected chi connectivity index (χ1v) is 21.3. The Balaban J connectivity index is 1.08. The Labute approximate surface area is 354 Å². The summed E-state index contributed by atoms with van der Waals surface area (Å²) in [5.41, 5.74) is 0.173. The van der Waals surface area contributed by atoms with Gasteiger partial charge in [0.25, 0.3) is 0 Å². The third kappa shape index (κ3) is 10.2. The van der Waals surface area contributed by atoms with Crippen LogP contribution in [-0.4, -0.2) is 130 Å². The standard InChI is InChI=1S/C43H58ClF2N7O7/c1-41(2,3)59-38-31-18-47-37(35(46)36(31)49-39(50-38)57-24-43-12-10-13-53(43)21-27(45)17-43)34-29(32(44)16-33-30(34)19-48-51-33)11-8-9-14-56-23-26-15-28(58-25-55-7)22-52(20-26)40(54)60-42(4,5)6/h16,18-19,26-28H,8-15,17,20-25H2,1-7H3,(H,48,51)/t26-,27-,28+,43+/m1/s1. The molecule has 17 heteroatoms. The van der Waals surface area contributed by atoms with Crippen LogP contribution < -0.4 is 9.47 Å². The molecular formula is C43H58ClF2N7O7. The van der Waals surface area contributed by atoms with Gasteiger partial charge in [0, 0.05) is 61.3 Å². The molecule has 60 heavy (non-hydrogen) atoms. The van der Waals surface area contributed by atoms with Crippen LogP contribution in [0, 0.1) is 11.7 Å². The number of ether oxygens (including phenoxy) is 6. The number of methoxy groups -OCH3 is 1. The lowest BCUT2D eigenvalue weighted by Gasteiger charge is -2.38. The van der Waals surface area contributed by atoms with E-state index < -0.39 is 28.7 Å². The van der Waals surface area contributed by atoms with E-state index in [2.05, 4.69) is 30.0 Å². The molecule has 4 aromatic rings. The van der Waals surface area contributed by atoms with E-state index in [9.17, 15) is 9.18 Å². The number of likely N-dealkylation sites (tertiary alicyclic amines) is 1. The topological polar surface area (TPSA) is 146 Å². The van der Waals surface area contributed by atoms with Gasteiger partial charge in [-0.3, -0.25) is 15.0 Å². The summed E-state index contributed by atoms with van der Waals surface area (Å²) in [5, 5.41) is 8.60. The van der Waals surface area contributed by atoms with Crippen LogP contribution in [0.3, 0.4) is 0 Å². The molecule has 3 fully saturated rings. The Morgan fingerprint density at radius 1 is 1.07 bits per heavy atom. The molecule has 0 bridgehead atoms. The molecule has 0 spiro atoms. The smallest absolute Gasteiger partial charge is 0.410 e. The highest BCUT2D eigenvalue weighted by Gasteiger charge is 2.49. The fourth-order valence-corrected chi connectivity index (χ4v) is 8.97. The number of alkyl halides is 1. The molecule has 7 rings (SSSR count). The molecule has 3 aliphatic rings. The zero-order valence-electron chi connectivity index (χ0n) is 35.7. The lowest BCUT2D eigenvalue weighted by molar-refractivity contribution is -0.106. The predicted molar refractivity (Wildman–Crippen MR) is 223 cm³/mol. The average molecular weight is 858 g/mol. The zero-order valence-corrected chi connectivity index (χ0v) is 36.5. The molecule has 1 amide bonds. The number of nitrogens with zero attached hydrogens (tertiary/aromatic N) is 6. The molecule has 0 unspecified atom stereocenters. The second-order valence-electron chi connectivity index (χ2n) is 18.3. The van der Waals surface area contributed by atoms with E-state index in [1.165, 1.54) is 6.20 Å². The van der Waals surface area contributed by atoms with Crippen molar-refractivity contribution in [1.82, 2.24) is 34.9 Å². The third-order valence-electron chi connectivity index (χ3n) is 11.2. The maximum atomic E-state index is 17.2. The van der Waals surface area contributed by atoms with E-state index in [1.54, 1.807) is 24.3 Å². The van der Waals surface area contributed by atoms with Crippen molar-refractivity contribution in [3.05, 3.63) is 34.9 Å². The quantitative estimate of drug-likeness (QED) is 0.0911. The fraction of sp³-hybridized carbons (Fsp3) is 0.651. The maximum Gasteiger partial charge on any atom is 0.410 e. The number of nitrogens with one attached hydrogen (secondary N) is 1. The number of piperidine rings is 1. The highest BCUT2D eigenvalue weighted by Crippen LogP contribution is 2.42. The number of pyridine rings is 1. The van der Waals surface area contributed by atoms with Gasteiger partial charge in [0.15, 0.2) is 5.82 Å². The minimum Gasteiger partial charge on any atom is -0.471 e. The average Bonchev–Trinajstić information content (AvgIpc) is 3.88. The minimum atomic E-state index is -0.924. The van der Waals surface area contributed by atoms with Gasteiger partial charge >= 0.3 is 12.1 Å². The number of H-pyrrole nitrogens is 1. The molecule has 0 aliphatic carbocycles. The van der Waals surface area contributed by atoms with Crippen LogP contribution in [0.1, 0.15) is 85.6 Å². The monoisotopic (exact) mass is 857 g/mol. The summed E-state index contributed by atoms with van der Waals surface area (Å²) in [7, 11) is 1.57. The van der Waals surface area contributed by atoms with Gasteiger partial charge in [-0.2, -0.15) is 15.1 Å². The number of unbranched alkanes of at least 4 members (excludes halogenated alkanes) is 1. The molecule has 1 aromatic carbocycles. The van der Waals surface area contributed by atoms with Gasteiger partial charge in [-0.25, -0.2) is 13.6 Å². The van der Waals surface area contributed by atoms with Gasteiger partial charge in [0.1, 0.15) is 42.0 Å². The molecule has 0 saturated carbocycles. The molecule has 3 saturated heterocycles. The van der Waals surface area contributed by atoms with Crippen LogP contribution >= 0.6 is 11.6 Å². The third-order valence-corrected chi connectivity index (χ3v) is 11.5. The van der Waals surface area contributed by atoms with Crippen molar-refractivity contribution in [3.8, 4) is 23.1 Å². The Morgan fingerprint density at radius 3 is 2.65 bits per heavy atom. The van der Waals surface area contributed by atoms with Crippen LogP contribution in [0.15, 0.2) is 18.5 Å². The predicted octanol–water partition coefficient (Wildman–Crippen LogP) is 8.08. The number of aromatic nitrogens is 5. The molecule has 328 valence electrons. The van der Waals surface area contributed by atoms with Crippen LogP contribution in [0.4, 0.5) is 13.6 Å². The van der Waals surface area contributed by atoms with Gasteiger partial charge in [0.2, 0.25) is 5.88 Å². The van der Waals surface area contributed by atoms with Crippen LogP contribution in [0.5, 0.6) is 11.9 Å². The number of hydrogen-bond donors (Lipinski definition) is 1. The highest BCUT2D eigenvalue weighted by atomic mass is 35.5. The van der Waals surface area contributed by atoms with Crippen molar-refractivity contribution in [2.75, 3.05) is 59.9 Å². The van der Waals surface area contributed by atoms with E-state index in [0.29, 0.717) is 85.6 Å². The number of carbonyl (C=O) groups is 1. The molecule has 14 nitrogen and oxygen atoms in total. The van der Waals surface area contributed by atoms with Crippen LogP contribution in [0.2, 0.25) is 5.02 Å². The van der Waals surface area contributed by atoms with E-state index >= 15 is 4.39 Å². The lowest BCUT2D eigenvalue weighted by Crippen LogP contribution is -2.49. The SMILES string of the molecule is COCO[C@H]1C[C@@H](COCCCCc2c(Cl)cc3[nH]ncc3c2-c2ncc3c(OC(C)(C)C)nc(OC[C@@]45CCCN4C[C@H](F)C5)nc3c2F)CN(C(=O)OC(C)(C)C)C1. The van der Waals surface area contributed by atoms with Gasteiger partial charge in [-0.05, 0) is 98.2 Å². The summed E-state index contributed by atoms with van der Waals surface area (Å²) < 4.78 is 66.9. The Morgan fingerprint density at radius 2 is 1.88 bits per heavy atom. The molecule has 3 aromatic heterocycles. The zero-order chi connectivity index (χ0) is 42.8. The number of halogens is 3. The number of aromatic amines is 1. The lowest BCUT2D eigenvalue weighted by atomic mass is 9.95. The highest BCUT2D eigenvalue weighted by molar-refractivity contribution is 6.33. The normalized spacial score (nSPS) is 22.5. The van der Waals surface area contributed by atoms with Gasteiger partial charge < -0.3 is 33.3 Å². The largest absolute Gasteiger partial charge is 0.471 e. The van der Waals surface area contributed by atoms with Crippen molar-refractivity contribution < 1.29 is 42.0 Å². The molecule has 4 atom stereocenters.